The minimum atomic E-state index is 1.01. The van der Waals surface area contributed by atoms with Crippen LogP contribution in [-0.2, 0) is 6.42 Å². The van der Waals surface area contributed by atoms with E-state index in [2.05, 4.69) is 24.7 Å². The number of benzene rings is 1. The molecule has 0 unspecified atom stereocenters. The second-order valence-electron chi connectivity index (χ2n) is 2.48. The van der Waals surface area contributed by atoms with E-state index in [0.717, 1.165) is 12.1 Å². The lowest BCUT2D eigenvalue weighted by molar-refractivity contribution is 1.07. The summed E-state index contributed by atoms with van der Waals surface area (Å²) >= 11 is 1.75. The van der Waals surface area contributed by atoms with Crippen molar-refractivity contribution in [3.8, 4) is 0 Å². The molecular weight excluding hydrogens is 168 g/mol. The zero-order valence-corrected chi connectivity index (χ0v) is 8.24. The van der Waals surface area contributed by atoms with Crippen LogP contribution in [-0.4, -0.2) is 6.26 Å². The number of nitrogens with two attached hydrogens (primary N) is 1. The van der Waals surface area contributed by atoms with Crippen LogP contribution >= 0.6 is 11.8 Å². The summed E-state index contributed by atoms with van der Waals surface area (Å²) in [6.07, 6.45) is 3.09. The van der Waals surface area contributed by atoms with E-state index in [9.17, 15) is 0 Å². The summed E-state index contributed by atoms with van der Waals surface area (Å²) in [5.74, 6) is 5.39. The van der Waals surface area contributed by atoms with Gasteiger partial charge in [-0.1, -0.05) is 13.0 Å². The van der Waals surface area contributed by atoms with Crippen molar-refractivity contribution in [3.63, 3.8) is 0 Å². The first-order valence-corrected chi connectivity index (χ1v) is 5.18. The first kappa shape index (κ1) is 9.42. The van der Waals surface area contributed by atoms with Gasteiger partial charge in [0.05, 0.1) is 5.69 Å². The summed E-state index contributed by atoms with van der Waals surface area (Å²) in [4.78, 5) is 1.30. The number of hydrogen-bond donors (Lipinski definition) is 2. The fraction of sp³-hybridized carbons (Fsp3) is 0.333. The molecule has 0 heterocycles. The Morgan fingerprint density at radius 2 is 2.25 bits per heavy atom. The summed E-state index contributed by atoms with van der Waals surface area (Å²) < 4.78 is 0. The minimum absolute atomic E-state index is 1.01. The van der Waals surface area contributed by atoms with E-state index >= 15 is 0 Å². The van der Waals surface area contributed by atoms with Gasteiger partial charge in [0.1, 0.15) is 0 Å². The lowest BCUT2D eigenvalue weighted by Crippen LogP contribution is -2.09. The Kier molecular flexibility index (Phi) is 3.44. The second-order valence-corrected chi connectivity index (χ2v) is 3.33. The maximum Gasteiger partial charge on any atom is 0.0528 e. The summed E-state index contributed by atoms with van der Waals surface area (Å²) in [6, 6.07) is 6.13. The molecule has 66 valence electrons. The highest BCUT2D eigenvalue weighted by molar-refractivity contribution is 7.98. The molecule has 1 aromatic rings. The Bertz CT molecular complexity index is 238. The van der Waals surface area contributed by atoms with Crippen molar-refractivity contribution in [2.75, 3.05) is 11.7 Å². The summed E-state index contributed by atoms with van der Waals surface area (Å²) in [7, 11) is 0. The van der Waals surface area contributed by atoms with Gasteiger partial charge in [0.15, 0.2) is 0 Å². The molecule has 0 radical (unpaired) electrons. The van der Waals surface area contributed by atoms with Crippen LogP contribution in [0.1, 0.15) is 12.5 Å². The van der Waals surface area contributed by atoms with Crippen molar-refractivity contribution < 1.29 is 0 Å². The molecule has 0 spiro atoms. The van der Waals surface area contributed by atoms with Crippen molar-refractivity contribution in [2.24, 2.45) is 5.84 Å². The third-order valence-corrected chi connectivity index (χ3v) is 2.68. The lowest BCUT2D eigenvalue weighted by atomic mass is 10.1. The van der Waals surface area contributed by atoms with Crippen LogP contribution in [0.5, 0.6) is 0 Å². The molecule has 3 heteroatoms. The number of nitrogen functional groups attached to an aromatic ring is 1. The lowest BCUT2D eigenvalue weighted by Gasteiger charge is -2.10. The Morgan fingerprint density at radius 1 is 1.50 bits per heavy atom. The van der Waals surface area contributed by atoms with Gasteiger partial charge in [0, 0.05) is 4.90 Å². The minimum Gasteiger partial charge on any atom is -0.324 e. The van der Waals surface area contributed by atoms with Crippen molar-refractivity contribution >= 4 is 17.4 Å². The SMILES string of the molecule is CCc1c(NN)cccc1SC. The topological polar surface area (TPSA) is 38.0 Å². The smallest absolute Gasteiger partial charge is 0.0528 e. The molecule has 12 heavy (non-hydrogen) atoms. The largest absolute Gasteiger partial charge is 0.324 e. The van der Waals surface area contributed by atoms with E-state index in [4.69, 9.17) is 5.84 Å². The Balaban J connectivity index is 3.13. The van der Waals surface area contributed by atoms with Gasteiger partial charge in [-0.15, -0.1) is 11.8 Å². The first-order valence-electron chi connectivity index (χ1n) is 3.96. The number of thioether (sulfide) groups is 1. The van der Waals surface area contributed by atoms with Crippen LogP contribution in [0.3, 0.4) is 0 Å². The van der Waals surface area contributed by atoms with Crippen LogP contribution in [0.4, 0.5) is 5.69 Å². The average Bonchev–Trinajstić information content (AvgIpc) is 2.16. The third-order valence-electron chi connectivity index (χ3n) is 1.86. The molecule has 0 aromatic heterocycles. The maximum absolute atomic E-state index is 5.39. The zero-order chi connectivity index (χ0) is 8.97. The van der Waals surface area contributed by atoms with Gasteiger partial charge in [-0.2, -0.15) is 0 Å². The standard InChI is InChI=1S/C9H14N2S/c1-3-7-8(11-10)5-4-6-9(7)12-2/h4-6,11H,3,10H2,1-2H3. The highest BCUT2D eigenvalue weighted by Crippen LogP contribution is 2.26. The van der Waals surface area contributed by atoms with Crippen molar-refractivity contribution in [2.45, 2.75) is 18.2 Å². The molecular formula is C9H14N2S. The van der Waals surface area contributed by atoms with Gasteiger partial charge in [-0.05, 0) is 30.4 Å². The van der Waals surface area contributed by atoms with Gasteiger partial charge in [-0.3, -0.25) is 5.84 Å². The molecule has 0 bridgehead atoms. The summed E-state index contributed by atoms with van der Waals surface area (Å²) in [5.41, 5.74) is 5.04. The summed E-state index contributed by atoms with van der Waals surface area (Å²) in [6.45, 7) is 2.13. The molecule has 1 rings (SSSR count). The monoisotopic (exact) mass is 182 g/mol. The zero-order valence-electron chi connectivity index (χ0n) is 7.42. The van der Waals surface area contributed by atoms with Gasteiger partial charge in [-0.25, -0.2) is 0 Å². The number of rotatable bonds is 3. The third kappa shape index (κ3) is 1.73. The molecule has 1 aromatic carbocycles. The predicted octanol–water partition coefficient (Wildman–Crippen LogP) is 2.26. The number of nitrogens with one attached hydrogen (secondary N) is 1. The van der Waals surface area contributed by atoms with E-state index in [-0.39, 0.29) is 0 Å². The Morgan fingerprint density at radius 3 is 2.75 bits per heavy atom. The highest BCUT2D eigenvalue weighted by atomic mass is 32.2. The fourth-order valence-electron chi connectivity index (χ4n) is 1.26. The number of hydrogen-bond acceptors (Lipinski definition) is 3. The molecule has 0 aliphatic carbocycles. The van der Waals surface area contributed by atoms with Crippen molar-refractivity contribution in [1.82, 2.24) is 0 Å². The normalized spacial score (nSPS) is 9.92. The Labute approximate surface area is 77.5 Å². The van der Waals surface area contributed by atoms with Crippen LogP contribution in [0.25, 0.3) is 0 Å². The predicted molar refractivity (Wildman–Crippen MR) is 55.4 cm³/mol. The maximum atomic E-state index is 5.39. The molecule has 0 aliphatic rings. The van der Waals surface area contributed by atoms with Crippen LogP contribution < -0.4 is 11.3 Å². The first-order chi connectivity index (χ1) is 5.83. The molecule has 0 aliphatic heterocycles. The van der Waals surface area contributed by atoms with E-state index in [0.29, 0.717) is 0 Å². The molecule has 3 N–H and O–H groups in total. The molecule has 0 amide bonds. The number of anilines is 1. The quantitative estimate of drug-likeness (QED) is 0.428. The van der Waals surface area contributed by atoms with Crippen LogP contribution in [0.15, 0.2) is 23.1 Å². The molecule has 0 saturated carbocycles. The fourth-order valence-corrected chi connectivity index (χ4v) is 1.97. The van der Waals surface area contributed by atoms with Crippen LogP contribution in [0.2, 0.25) is 0 Å². The molecule has 0 saturated heterocycles. The average molecular weight is 182 g/mol. The molecule has 0 fully saturated rings. The van der Waals surface area contributed by atoms with Gasteiger partial charge in [0.2, 0.25) is 0 Å². The number of hydrazine groups is 1. The van der Waals surface area contributed by atoms with E-state index in [1.54, 1.807) is 11.8 Å². The molecule has 0 atom stereocenters. The second kappa shape index (κ2) is 4.38. The van der Waals surface area contributed by atoms with Crippen molar-refractivity contribution in [3.05, 3.63) is 23.8 Å². The molecule has 2 nitrogen and oxygen atoms in total. The van der Waals surface area contributed by atoms with Crippen LogP contribution in [0, 0.1) is 0 Å². The van der Waals surface area contributed by atoms with E-state index in [1.165, 1.54) is 10.5 Å². The Hall–Kier alpha value is -0.670. The highest BCUT2D eigenvalue weighted by Gasteiger charge is 2.03. The van der Waals surface area contributed by atoms with Gasteiger partial charge in [0.25, 0.3) is 0 Å². The van der Waals surface area contributed by atoms with E-state index < -0.39 is 0 Å². The van der Waals surface area contributed by atoms with Gasteiger partial charge < -0.3 is 5.43 Å². The van der Waals surface area contributed by atoms with Crippen molar-refractivity contribution in [1.29, 1.82) is 0 Å². The van der Waals surface area contributed by atoms with E-state index in [1.807, 2.05) is 12.1 Å². The van der Waals surface area contributed by atoms with Gasteiger partial charge >= 0.3 is 0 Å². The summed E-state index contributed by atoms with van der Waals surface area (Å²) in [5, 5.41) is 0.